The second-order valence-corrected chi connectivity index (χ2v) is 14.9. The lowest BCUT2D eigenvalue weighted by Crippen LogP contribution is -2.54. The maximum atomic E-state index is 12.1. The first-order valence-electron chi connectivity index (χ1n) is 16.6. The molecule has 2 aromatic rings. The van der Waals surface area contributed by atoms with Gasteiger partial charge in [0.1, 0.15) is 0 Å². The maximum absolute atomic E-state index is 12.1. The minimum absolute atomic E-state index is 0.00792. The number of nitrogens with zero attached hydrogens (tertiary/aromatic N) is 3. The van der Waals surface area contributed by atoms with Gasteiger partial charge in [0, 0.05) is 19.1 Å². The molecule has 4 saturated carbocycles. The molecule has 2 aromatic heterocycles. The van der Waals surface area contributed by atoms with Gasteiger partial charge in [-0.05, 0) is 104 Å². The fourth-order valence-electron chi connectivity index (χ4n) is 10.8. The summed E-state index contributed by atoms with van der Waals surface area (Å²) in [7, 11) is 0. The third kappa shape index (κ3) is 5.05. The van der Waals surface area contributed by atoms with Crippen LogP contribution in [0.5, 0.6) is 0 Å². The highest BCUT2D eigenvalue weighted by Crippen LogP contribution is 2.68. The van der Waals surface area contributed by atoms with E-state index >= 15 is 0 Å². The van der Waals surface area contributed by atoms with E-state index in [2.05, 4.69) is 42.6 Å². The number of aromatic amines is 1. The van der Waals surface area contributed by atoms with Gasteiger partial charge in [-0.2, -0.15) is 4.98 Å². The van der Waals surface area contributed by atoms with Gasteiger partial charge in [-0.3, -0.25) is 9.78 Å². The topological polar surface area (TPSA) is 119 Å². The normalized spacial score (nSPS) is 38.3. The summed E-state index contributed by atoms with van der Waals surface area (Å²) in [5.41, 5.74) is 7.14. The molecule has 228 valence electrons. The summed E-state index contributed by atoms with van der Waals surface area (Å²) in [6.45, 7) is 11.2. The van der Waals surface area contributed by atoms with Crippen molar-refractivity contribution >= 4 is 17.1 Å². The molecule has 41 heavy (non-hydrogen) atoms. The third-order valence-electron chi connectivity index (χ3n) is 12.9. The van der Waals surface area contributed by atoms with Crippen LogP contribution in [0.25, 0.3) is 11.2 Å². The van der Waals surface area contributed by atoms with Gasteiger partial charge in [0.05, 0.1) is 19.0 Å². The van der Waals surface area contributed by atoms with Crippen LogP contribution in [-0.2, 0) is 11.3 Å². The van der Waals surface area contributed by atoms with E-state index in [1.54, 1.807) is 10.9 Å². The number of nitrogens with two attached hydrogens (primary N) is 1. The lowest BCUT2D eigenvalue weighted by atomic mass is 9.44. The zero-order valence-electron chi connectivity index (χ0n) is 25.8. The number of imidazole rings is 1. The van der Waals surface area contributed by atoms with Gasteiger partial charge in [-0.1, -0.05) is 40.5 Å². The van der Waals surface area contributed by atoms with E-state index in [4.69, 9.17) is 10.5 Å². The first-order chi connectivity index (χ1) is 19.7. The summed E-state index contributed by atoms with van der Waals surface area (Å²) in [6, 6.07) is 0. The zero-order valence-corrected chi connectivity index (χ0v) is 25.8. The van der Waals surface area contributed by atoms with Crippen molar-refractivity contribution in [2.24, 2.45) is 52.3 Å². The van der Waals surface area contributed by atoms with Crippen LogP contribution in [-0.4, -0.2) is 43.9 Å². The van der Waals surface area contributed by atoms with E-state index in [0.29, 0.717) is 29.6 Å². The van der Waals surface area contributed by atoms with Crippen LogP contribution in [0.15, 0.2) is 11.1 Å². The largest absolute Gasteiger partial charge is 0.396 e. The summed E-state index contributed by atoms with van der Waals surface area (Å²) < 4.78 is 8.32. The number of aromatic nitrogens is 4. The number of aliphatic hydroxyl groups excluding tert-OH is 1. The number of fused-ring (bicyclic) bond motifs is 6. The van der Waals surface area contributed by atoms with Crippen molar-refractivity contribution in [1.29, 1.82) is 0 Å². The minimum Gasteiger partial charge on any atom is -0.396 e. The number of hydrogen-bond donors (Lipinski definition) is 3. The van der Waals surface area contributed by atoms with Crippen LogP contribution in [0.1, 0.15) is 98.3 Å². The van der Waals surface area contributed by atoms with Crippen LogP contribution < -0.4 is 11.3 Å². The quantitative estimate of drug-likeness (QED) is 0.353. The number of ether oxygens (including phenoxy) is 1. The molecule has 8 nitrogen and oxygen atoms in total. The predicted octanol–water partition coefficient (Wildman–Crippen LogP) is 5.79. The highest BCUT2D eigenvalue weighted by molar-refractivity contribution is 5.70. The molecule has 0 aliphatic heterocycles. The van der Waals surface area contributed by atoms with Crippen molar-refractivity contribution in [3.05, 3.63) is 16.7 Å². The van der Waals surface area contributed by atoms with Gasteiger partial charge in [0.2, 0.25) is 5.95 Å². The Morgan fingerprint density at radius 2 is 1.93 bits per heavy atom. The second kappa shape index (κ2) is 11.3. The molecule has 10 atom stereocenters. The van der Waals surface area contributed by atoms with Crippen molar-refractivity contribution in [2.75, 3.05) is 18.9 Å². The Bertz CT molecular complexity index is 1280. The zero-order chi connectivity index (χ0) is 28.9. The highest BCUT2D eigenvalue weighted by atomic mass is 16.5. The van der Waals surface area contributed by atoms with E-state index in [9.17, 15) is 9.90 Å². The smallest absolute Gasteiger partial charge is 0.280 e. The maximum Gasteiger partial charge on any atom is 0.280 e. The molecule has 6 rings (SSSR count). The second-order valence-electron chi connectivity index (χ2n) is 14.9. The average molecular weight is 568 g/mol. The van der Waals surface area contributed by atoms with Gasteiger partial charge in [0.25, 0.3) is 5.56 Å². The number of anilines is 1. The summed E-state index contributed by atoms with van der Waals surface area (Å²) >= 11 is 0. The molecule has 0 radical (unpaired) electrons. The Morgan fingerprint density at radius 3 is 2.71 bits per heavy atom. The first kappa shape index (κ1) is 29.2. The Morgan fingerprint density at radius 1 is 1.15 bits per heavy atom. The van der Waals surface area contributed by atoms with Crippen LogP contribution in [0.4, 0.5) is 5.95 Å². The van der Waals surface area contributed by atoms with Crippen molar-refractivity contribution < 1.29 is 9.84 Å². The van der Waals surface area contributed by atoms with E-state index < -0.39 is 0 Å². The highest BCUT2D eigenvalue weighted by Gasteiger charge is 2.60. The van der Waals surface area contributed by atoms with E-state index in [1.165, 1.54) is 57.8 Å². The Balaban J connectivity index is 1.07. The molecule has 4 N–H and O–H groups in total. The fraction of sp³-hybridized carbons (Fsp3) is 0.848. The van der Waals surface area contributed by atoms with Crippen LogP contribution in [0.3, 0.4) is 0 Å². The molecule has 0 spiro atoms. The molecule has 0 bridgehead atoms. The first-order valence-corrected chi connectivity index (χ1v) is 16.6. The van der Waals surface area contributed by atoms with Crippen LogP contribution in [0.2, 0.25) is 0 Å². The monoisotopic (exact) mass is 567 g/mol. The third-order valence-corrected chi connectivity index (χ3v) is 12.9. The molecular weight excluding hydrogens is 514 g/mol. The number of nitrogens with one attached hydrogen (secondary N) is 1. The van der Waals surface area contributed by atoms with E-state index in [1.807, 2.05) is 0 Å². The number of H-pyrrole nitrogens is 1. The number of nitrogen functional groups attached to an aromatic ring is 1. The summed E-state index contributed by atoms with van der Waals surface area (Å²) in [4.78, 5) is 23.1. The van der Waals surface area contributed by atoms with Crippen molar-refractivity contribution in [3.8, 4) is 0 Å². The molecular formula is C33H53N5O3. The van der Waals surface area contributed by atoms with Gasteiger partial charge in [0.15, 0.2) is 11.2 Å². The van der Waals surface area contributed by atoms with Crippen molar-refractivity contribution in [2.45, 2.75) is 111 Å². The molecule has 4 aliphatic rings. The molecule has 0 amide bonds. The van der Waals surface area contributed by atoms with Gasteiger partial charge < -0.3 is 20.1 Å². The number of hydrogen-bond acceptors (Lipinski definition) is 6. The Kier molecular flexibility index (Phi) is 8.03. The van der Waals surface area contributed by atoms with Gasteiger partial charge in [-0.25, -0.2) is 4.98 Å². The Labute approximate surface area is 245 Å². The fourth-order valence-corrected chi connectivity index (χ4v) is 10.8. The van der Waals surface area contributed by atoms with Crippen LogP contribution in [0, 0.1) is 52.3 Å². The molecule has 4 fully saturated rings. The molecule has 0 aromatic carbocycles. The summed E-state index contributed by atoms with van der Waals surface area (Å²) in [6.07, 6.45) is 16.7. The molecule has 0 saturated heterocycles. The molecule has 6 unspecified atom stereocenters. The predicted molar refractivity (Wildman–Crippen MR) is 162 cm³/mol. The molecule has 8 heteroatoms. The van der Waals surface area contributed by atoms with E-state index in [-0.39, 0.29) is 35.7 Å². The SMILES string of the molecule is CCC[C@@H](C)[C@H]1CCC2C3CCC4CC(OCC(CO)Cn5cnc6c(=O)[nH]c(N)nc65)CC[C@]4(C)C3CC[C@@]21C. The standard InChI is InChI=1S/C33H53N5O3/c1-5-6-20(2)25-9-10-26-24-8-7-22-15-23(11-13-32(22,3)27(24)12-14-33(25,26)4)41-18-21(17-39)16-38-19-35-28-29(38)36-31(34)37-30(28)40/h19-27,39H,5-18H2,1-4H3,(H3,34,36,37,40)/t20-,21?,22?,23?,24?,25-,26?,27?,32+,33-/m1/s1. The summed E-state index contributed by atoms with van der Waals surface area (Å²) in [5.74, 6) is 5.25. The lowest BCUT2D eigenvalue weighted by molar-refractivity contribution is -0.139. The molecule has 4 aliphatic carbocycles. The van der Waals surface area contributed by atoms with Crippen molar-refractivity contribution in [1.82, 2.24) is 19.5 Å². The lowest BCUT2D eigenvalue weighted by Gasteiger charge is -2.61. The van der Waals surface area contributed by atoms with Crippen molar-refractivity contribution in [3.63, 3.8) is 0 Å². The van der Waals surface area contributed by atoms with E-state index in [0.717, 1.165) is 48.3 Å². The average Bonchev–Trinajstić information content (AvgIpc) is 3.51. The Hall–Kier alpha value is -1.93. The van der Waals surface area contributed by atoms with Gasteiger partial charge >= 0.3 is 0 Å². The molecule has 2 heterocycles. The summed E-state index contributed by atoms with van der Waals surface area (Å²) in [5, 5.41) is 10.1. The number of rotatable bonds is 9. The number of aliphatic hydroxyl groups is 1. The van der Waals surface area contributed by atoms with Gasteiger partial charge in [-0.15, -0.1) is 0 Å². The minimum atomic E-state index is -0.343. The van der Waals surface area contributed by atoms with Crippen LogP contribution >= 0.6 is 0 Å².